The monoisotopic (exact) mass is 503 g/mol. The highest BCUT2D eigenvalue weighted by molar-refractivity contribution is 7.92. The van der Waals surface area contributed by atoms with Gasteiger partial charge in [0.2, 0.25) is 10.0 Å². The first kappa shape index (κ1) is 23.8. The first-order valence-corrected chi connectivity index (χ1v) is 12.0. The Labute approximate surface area is 199 Å². The van der Waals surface area contributed by atoms with E-state index in [4.69, 9.17) is 4.74 Å². The number of sulfonamides is 1. The minimum absolute atomic E-state index is 0.0816. The van der Waals surface area contributed by atoms with Crippen LogP contribution in [0, 0.1) is 0 Å². The summed E-state index contributed by atoms with van der Waals surface area (Å²) in [5.41, 5.74) is -0.299. The van der Waals surface area contributed by atoms with Crippen LogP contribution in [0.25, 0.3) is 0 Å². The van der Waals surface area contributed by atoms with Crippen LogP contribution in [0.15, 0.2) is 42.5 Å². The van der Waals surface area contributed by atoms with Crippen LogP contribution in [0.1, 0.15) is 39.1 Å². The van der Waals surface area contributed by atoms with Crippen molar-refractivity contribution in [3.05, 3.63) is 64.7 Å². The van der Waals surface area contributed by atoms with E-state index >= 15 is 0 Å². The molecule has 0 amide bonds. The molecule has 3 aromatic carbocycles. The summed E-state index contributed by atoms with van der Waals surface area (Å²) in [7, 11) is -3.83. The van der Waals surface area contributed by atoms with Crippen molar-refractivity contribution in [1.82, 2.24) is 0 Å². The van der Waals surface area contributed by atoms with E-state index in [0.29, 0.717) is 0 Å². The van der Waals surface area contributed by atoms with Crippen molar-refractivity contribution in [3.8, 4) is 34.5 Å². The summed E-state index contributed by atoms with van der Waals surface area (Å²) in [6.45, 7) is 0. The van der Waals surface area contributed by atoms with Crippen LogP contribution in [0.4, 0.5) is 5.69 Å². The van der Waals surface area contributed by atoms with Crippen molar-refractivity contribution in [2.75, 3.05) is 11.0 Å². The predicted octanol–water partition coefficient (Wildman–Crippen LogP) is 2.74. The Kier molecular flexibility index (Phi) is 5.77. The zero-order valence-corrected chi connectivity index (χ0v) is 18.9. The Morgan fingerprint density at radius 1 is 0.971 bits per heavy atom. The Morgan fingerprint density at radius 3 is 2.31 bits per heavy atom. The molecule has 184 valence electrons. The molecule has 0 spiro atoms. The molecule has 3 aromatic rings. The van der Waals surface area contributed by atoms with Crippen LogP contribution >= 0.6 is 0 Å². The van der Waals surface area contributed by atoms with Gasteiger partial charge in [-0.3, -0.25) is 4.72 Å². The summed E-state index contributed by atoms with van der Waals surface area (Å²) >= 11 is 0. The number of carbonyl (C=O) groups is 1. The van der Waals surface area contributed by atoms with Crippen LogP contribution in [0.5, 0.6) is 34.5 Å². The van der Waals surface area contributed by atoms with E-state index in [1.54, 1.807) is 0 Å². The Morgan fingerprint density at radius 2 is 1.69 bits per heavy atom. The number of ether oxygens (including phenoxy) is 1. The van der Waals surface area contributed by atoms with Gasteiger partial charge in [0.25, 0.3) is 0 Å². The molecule has 0 aromatic heterocycles. The van der Waals surface area contributed by atoms with Gasteiger partial charge in [0.05, 0.1) is 17.5 Å². The Balaban J connectivity index is 1.98. The number of phenolic OH excluding ortho intramolecular Hbond substituents is 5. The van der Waals surface area contributed by atoms with Gasteiger partial charge >= 0.3 is 5.97 Å². The zero-order chi connectivity index (χ0) is 25.7. The lowest BCUT2D eigenvalue weighted by Crippen LogP contribution is -2.26. The molecule has 0 bridgehead atoms. The number of fused-ring (bicyclic) bond motifs is 1. The van der Waals surface area contributed by atoms with Gasteiger partial charge in [-0.1, -0.05) is 6.07 Å². The van der Waals surface area contributed by atoms with Gasteiger partial charge in [-0.25, -0.2) is 13.2 Å². The third-order valence-electron chi connectivity index (χ3n) is 5.66. The first-order chi connectivity index (χ1) is 16.4. The second-order valence-corrected chi connectivity index (χ2v) is 9.89. The molecule has 35 heavy (non-hydrogen) atoms. The normalized spacial score (nSPS) is 17.3. The second-order valence-electron chi connectivity index (χ2n) is 8.14. The van der Waals surface area contributed by atoms with Gasteiger partial charge in [-0.05, 0) is 36.2 Å². The lowest BCUT2D eigenvalue weighted by Gasteiger charge is -2.36. The van der Waals surface area contributed by atoms with Gasteiger partial charge in [-0.15, -0.1) is 0 Å². The van der Waals surface area contributed by atoms with Crippen molar-refractivity contribution in [3.63, 3.8) is 0 Å². The second kappa shape index (κ2) is 8.47. The summed E-state index contributed by atoms with van der Waals surface area (Å²) < 4.78 is 31.7. The van der Waals surface area contributed by atoms with Gasteiger partial charge in [-0.2, -0.15) is 0 Å². The summed E-state index contributed by atoms with van der Waals surface area (Å²) in [6.07, 6.45) is -0.319. The molecule has 0 saturated heterocycles. The number of nitrogens with one attached hydrogen (secondary N) is 1. The number of aromatic hydroxyl groups is 5. The summed E-state index contributed by atoms with van der Waals surface area (Å²) in [4.78, 5) is 12.1. The number of hydrogen-bond donors (Lipinski definition) is 7. The SMILES string of the molecule is CS(=O)(=O)Nc1ccc(C(=O)O)c(C2Cc3c(O)cc(O)cc3O[C@H]2c2ccc(O)c(O)c2)c1O. The number of benzene rings is 3. The third-order valence-corrected chi connectivity index (χ3v) is 6.25. The summed E-state index contributed by atoms with van der Waals surface area (Å²) in [6, 6.07) is 8.36. The topological polar surface area (TPSA) is 194 Å². The fourth-order valence-corrected chi connectivity index (χ4v) is 4.76. The van der Waals surface area contributed by atoms with Crippen molar-refractivity contribution in [1.29, 1.82) is 0 Å². The largest absolute Gasteiger partial charge is 0.508 e. The molecule has 0 fully saturated rings. The molecule has 2 atom stereocenters. The molecule has 11 nitrogen and oxygen atoms in total. The fraction of sp³-hybridized carbons (Fsp3) is 0.174. The fourth-order valence-electron chi connectivity index (χ4n) is 4.20. The zero-order valence-electron chi connectivity index (χ0n) is 18.1. The third kappa shape index (κ3) is 4.55. The number of anilines is 1. The average molecular weight is 503 g/mol. The van der Waals surface area contributed by atoms with Crippen LogP contribution in [0.2, 0.25) is 0 Å². The van der Waals surface area contributed by atoms with Crippen molar-refractivity contribution in [2.24, 2.45) is 0 Å². The number of phenols is 5. The molecule has 12 heteroatoms. The van der Waals surface area contributed by atoms with Gasteiger partial charge in [0.15, 0.2) is 11.5 Å². The maximum Gasteiger partial charge on any atom is 0.336 e. The minimum Gasteiger partial charge on any atom is -0.508 e. The smallest absolute Gasteiger partial charge is 0.336 e. The van der Waals surface area contributed by atoms with Gasteiger partial charge in [0.1, 0.15) is 29.1 Å². The van der Waals surface area contributed by atoms with Crippen molar-refractivity contribution < 1.29 is 48.6 Å². The van der Waals surface area contributed by atoms with Gasteiger partial charge in [0, 0.05) is 29.2 Å². The molecular formula is C23H21NO10S. The Bertz CT molecular complexity index is 1450. The summed E-state index contributed by atoms with van der Waals surface area (Å²) in [5.74, 6) is -4.52. The van der Waals surface area contributed by atoms with Crippen LogP contribution in [-0.2, 0) is 16.4 Å². The number of rotatable bonds is 5. The molecule has 7 N–H and O–H groups in total. The van der Waals surface area contributed by atoms with Crippen molar-refractivity contribution in [2.45, 2.75) is 18.4 Å². The number of carboxylic acid groups (broad SMARTS) is 1. The molecule has 1 aliphatic rings. The van der Waals surface area contributed by atoms with Crippen LogP contribution in [0.3, 0.4) is 0 Å². The van der Waals surface area contributed by atoms with E-state index in [9.17, 15) is 43.9 Å². The Hall–Kier alpha value is -4.32. The van der Waals surface area contributed by atoms with E-state index in [1.807, 2.05) is 0 Å². The standard InChI is InChI=1S/C23H21NO10S/c1-35(32,33)24-15-4-3-12(23(30)31)20(21(15)29)14-9-13-17(27)7-11(25)8-19(13)34-22(14)10-2-5-16(26)18(28)6-10/h2-8,14,22,24-29H,9H2,1H3,(H,30,31)/t14?,22-/m0/s1. The van der Waals surface area contributed by atoms with Gasteiger partial charge < -0.3 is 35.4 Å². The van der Waals surface area contributed by atoms with Crippen LogP contribution < -0.4 is 9.46 Å². The lowest BCUT2D eigenvalue weighted by atomic mass is 9.79. The van der Waals surface area contributed by atoms with Crippen LogP contribution in [-0.4, -0.2) is 51.3 Å². The number of carboxylic acids is 1. The highest BCUT2D eigenvalue weighted by atomic mass is 32.2. The molecule has 4 rings (SSSR count). The maximum absolute atomic E-state index is 12.1. The summed E-state index contributed by atoms with van der Waals surface area (Å²) in [5, 5.41) is 60.9. The van der Waals surface area contributed by atoms with E-state index in [1.165, 1.54) is 24.3 Å². The minimum atomic E-state index is -3.83. The molecule has 0 radical (unpaired) electrons. The predicted molar refractivity (Wildman–Crippen MR) is 123 cm³/mol. The average Bonchev–Trinajstić information content (AvgIpc) is 2.75. The maximum atomic E-state index is 12.1. The van der Waals surface area contributed by atoms with E-state index in [-0.39, 0.29) is 51.6 Å². The van der Waals surface area contributed by atoms with E-state index in [2.05, 4.69) is 4.72 Å². The molecular weight excluding hydrogens is 482 g/mol. The van der Waals surface area contributed by atoms with E-state index < -0.39 is 45.3 Å². The molecule has 1 aliphatic heterocycles. The molecule has 0 aliphatic carbocycles. The molecule has 1 unspecified atom stereocenters. The first-order valence-electron chi connectivity index (χ1n) is 10.2. The van der Waals surface area contributed by atoms with Crippen molar-refractivity contribution >= 4 is 21.7 Å². The number of aromatic carboxylic acids is 1. The molecule has 1 heterocycles. The highest BCUT2D eigenvalue weighted by Crippen LogP contribution is 2.52. The quantitative estimate of drug-likeness (QED) is 0.254. The lowest BCUT2D eigenvalue weighted by molar-refractivity contribution is 0.0691. The highest BCUT2D eigenvalue weighted by Gasteiger charge is 2.39. The number of hydrogen-bond acceptors (Lipinski definition) is 9. The van der Waals surface area contributed by atoms with E-state index in [0.717, 1.165) is 24.5 Å². The molecule has 0 saturated carbocycles.